The molecule has 0 unspecified atom stereocenters. The van der Waals surface area contributed by atoms with Crippen molar-refractivity contribution < 1.29 is 9.90 Å². The Morgan fingerprint density at radius 1 is 1.50 bits per heavy atom. The van der Waals surface area contributed by atoms with Crippen LogP contribution in [0.5, 0.6) is 0 Å². The van der Waals surface area contributed by atoms with E-state index in [-0.39, 0.29) is 0 Å². The minimum absolute atomic E-state index is 0.299. The molecule has 3 heteroatoms. The zero-order valence-electron chi connectivity index (χ0n) is 7.60. The maximum absolute atomic E-state index is 10.3. The summed E-state index contributed by atoms with van der Waals surface area (Å²) in [5, 5.41) is 11.7. The second-order valence-electron chi connectivity index (χ2n) is 2.76. The first-order valence-corrected chi connectivity index (χ1v) is 4.30. The number of carboxylic acids is 1. The van der Waals surface area contributed by atoms with E-state index in [1.165, 1.54) is 0 Å². The standard InChI is InChI=1S/C9H17NO2/c1-3-6-10-7-4-5-8(2)9(11)12/h10H,2-7H2,1H3,(H,11,12). The van der Waals surface area contributed by atoms with Crippen LogP contribution in [-0.4, -0.2) is 24.2 Å². The maximum Gasteiger partial charge on any atom is 0.330 e. The third-order valence-electron chi connectivity index (χ3n) is 1.56. The highest BCUT2D eigenvalue weighted by Crippen LogP contribution is 2.00. The summed E-state index contributed by atoms with van der Waals surface area (Å²) < 4.78 is 0. The third kappa shape index (κ3) is 5.92. The van der Waals surface area contributed by atoms with Gasteiger partial charge in [-0.3, -0.25) is 0 Å². The van der Waals surface area contributed by atoms with Gasteiger partial charge in [-0.2, -0.15) is 0 Å². The average Bonchev–Trinajstić information content (AvgIpc) is 2.03. The summed E-state index contributed by atoms with van der Waals surface area (Å²) in [6, 6.07) is 0. The number of carbonyl (C=O) groups is 1. The Morgan fingerprint density at radius 2 is 2.17 bits per heavy atom. The summed E-state index contributed by atoms with van der Waals surface area (Å²) in [5.41, 5.74) is 0.299. The average molecular weight is 171 g/mol. The molecule has 0 aromatic carbocycles. The fraction of sp³-hybridized carbons (Fsp3) is 0.667. The summed E-state index contributed by atoms with van der Waals surface area (Å²) >= 11 is 0. The Bertz CT molecular complexity index is 155. The number of rotatable bonds is 7. The molecule has 0 aliphatic carbocycles. The van der Waals surface area contributed by atoms with Gasteiger partial charge < -0.3 is 10.4 Å². The Morgan fingerprint density at radius 3 is 2.67 bits per heavy atom. The van der Waals surface area contributed by atoms with Gasteiger partial charge in [0, 0.05) is 5.57 Å². The molecule has 2 N–H and O–H groups in total. The van der Waals surface area contributed by atoms with Crippen molar-refractivity contribution in [1.29, 1.82) is 0 Å². The van der Waals surface area contributed by atoms with Gasteiger partial charge in [0.25, 0.3) is 0 Å². The minimum Gasteiger partial charge on any atom is -0.478 e. The van der Waals surface area contributed by atoms with E-state index in [0.29, 0.717) is 12.0 Å². The number of hydrogen-bond donors (Lipinski definition) is 2. The molecule has 0 amide bonds. The molecule has 70 valence electrons. The van der Waals surface area contributed by atoms with Gasteiger partial charge in [-0.05, 0) is 32.4 Å². The SMILES string of the molecule is C=C(CCCNCCC)C(=O)O. The molecule has 0 saturated heterocycles. The van der Waals surface area contributed by atoms with Gasteiger partial charge in [0.1, 0.15) is 0 Å². The fourth-order valence-corrected chi connectivity index (χ4v) is 0.835. The van der Waals surface area contributed by atoms with E-state index in [1.807, 2.05) is 0 Å². The van der Waals surface area contributed by atoms with E-state index < -0.39 is 5.97 Å². The molecule has 0 aromatic rings. The zero-order chi connectivity index (χ0) is 9.40. The van der Waals surface area contributed by atoms with Gasteiger partial charge >= 0.3 is 5.97 Å². The maximum atomic E-state index is 10.3. The monoisotopic (exact) mass is 171 g/mol. The molecule has 0 heterocycles. The molecule has 0 fully saturated rings. The van der Waals surface area contributed by atoms with Crippen LogP contribution in [0.3, 0.4) is 0 Å². The molecule has 3 nitrogen and oxygen atoms in total. The second-order valence-corrected chi connectivity index (χ2v) is 2.76. The first kappa shape index (κ1) is 11.2. The first-order valence-electron chi connectivity index (χ1n) is 4.30. The largest absolute Gasteiger partial charge is 0.478 e. The van der Waals surface area contributed by atoms with Crippen LogP contribution in [0, 0.1) is 0 Å². The van der Waals surface area contributed by atoms with Crippen LogP contribution in [0.25, 0.3) is 0 Å². The van der Waals surface area contributed by atoms with Gasteiger partial charge in [0.05, 0.1) is 0 Å². The van der Waals surface area contributed by atoms with E-state index in [2.05, 4.69) is 18.8 Å². The number of hydrogen-bond acceptors (Lipinski definition) is 2. The molecule has 0 bridgehead atoms. The van der Waals surface area contributed by atoms with Crippen molar-refractivity contribution in [2.75, 3.05) is 13.1 Å². The Kier molecular flexibility index (Phi) is 6.38. The first-order chi connectivity index (χ1) is 5.68. The van der Waals surface area contributed by atoms with Crippen molar-refractivity contribution in [2.24, 2.45) is 0 Å². The summed E-state index contributed by atoms with van der Waals surface area (Å²) in [6.45, 7) is 7.42. The smallest absolute Gasteiger partial charge is 0.330 e. The highest BCUT2D eigenvalue weighted by Gasteiger charge is 2.01. The van der Waals surface area contributed by atoms with Crippen LogP contribution >= 0.6 is 0 Å². The van der Waals surface area contributed by atoms with Gasteiger partial charge in [0.2, 0.25) is 0 Å². The number of aliphatic carboxylic acids is 1. The van der Waals surface area contributed by atoms with Crippen molar-refractivity contribution in [3.8, 4) is 0 Å². The lowest BCUT2D eigenvalue weighted by atomic mass is 10.2. The van der Waals surface area contributed by atoms with E-state index in [1.54, 1.807) is 0 Å². The van der Waals surface area contributed by atoms with Gasteiger partial charge in [-0.1, -0.05) is 13.5 Å². The van der Waals surface area contributed by atoms with E-state index >= 15 is 0 Å². The van der Waals surface area contributed by atoms with Gasteiger partial charge in [-0.25, -0.2) is 4.79 Å². The van der Waals surface area contributed by atoms with Gasteiger partial charge in [-0.15, -0.1) is 0 Å². The van der Waals surface area contributed by atoms with Crippen molar-refractivity contribution >= 4 is 5.97 Å². The number of carboxylic acid groups (broad SMARTS) is 1. The fourth-order valence-electron chi connectivity index (χ4n) is 0.835. The lowest BCUT2D eigenvalue weighted by Crippen LogP contribution is -2.16. The van der Waals surface area contributed by atoms with E-state index in [9.17, 15) is 4.79 Å². The Hall–Kier alpha value is -0.830. The van der Waals surface area contributed by atoms with Crippen molar-refractivity contribution in [1.82, 2.24) is 5.32 Å². The van der Waals surface area contributed by atoms with Crippen LogP contribution in [0.2, 0.25) is 0 Å². The predicted octanol–water partition coefficient (Wildman–Crippen LogP) is 1.41. The van der Waals surface area contributed by atoms with Crippen LogP contribution in [-0.2, 0) is 4.79 Å². The zero-order valence-corrected chi connectivity index (χ0v) is 7.60. The second kappa shape index (κ2) is 6.85. The normalized spacial score (nSPS) is 9.75. The summed E-state index contributed by atoms with van der Waals surface area (Å²) in [5.74, 6) is -0.884. The highest BCUT2D eigenvalue weighted by molar-refractivity contribution is 5.85. The van der Waals surface area contributed by atoms with Gasteiger partial charge in [0.15, 0.2) is 0 Å². The van der Waals surface area contributed by atoms with Crippen LogP contribution < -0.4 is 5.32 Å². The molecule has 0 saturated carbocycles. The highest BCUT2D eigenvalue weighted by atomic mass is 16.4. The van der Waals surface area contributed by atoms with Crippen LogP contribution in [0.1, 0.15) is 26.2 Å². The molecule has 0 aliphatic rings. The summed E-state index contributed by atoms with van der Waals surface area (Å²) in [6.07, 6.45) is 2.54. The van der Waals surface area contributed by atoms with E-state index in [0.717, 1.165) is 25.9 Å². The predicted molar refractivity (Wildman–Crippen MR) is 49.2 cm³/mol. The lowest BCUT2D eigenvalue weighted by Gasteiger charge is -2.02. The molecule has 0 spiro atoms. The summed E-state index contributed by atoms with van der Waals surface area (Å²) in [4.78, 5) is 10.3. The van der Waals surface area contributed by atoms with Crippen molar-refractivity contribution in [3.05, 3.63) is 12.2 Å². The molecule has 0 atom stereocenters. The van der Waals surface area contributed by atoms with Crippen molar-refractivity contribution in [2.45, 2.75) is 26.2 Å². The van der Waals surface area contributed by atoms with Crippen molar-refractivity contribution in [3.63, 3.8) is 0 Å². The number of nitrogens with one attached hydrogen (secondary N) is 1. The minimum atomic E-state index is -0.884. The quantitative estimate of drug-likeness (QED) is 0.449. The lowest BCUT2D eigenvalue weighted by molar-refractivity contribution is -0.132. The molecular weight excluding hydrogens is 154 g/mol. The molecule has 0 aliphatic heterocycles. The topological polar surface area (TPSA) is 49.3 Å². The molecule has 0 rings (SSSR count). The van der Waals surface area contributed by atoms with E-state index in [4.69, 9.17) is 5.11 Å². The van der Waals surface area contributed by atoms with Crippen LogP contribution in [0.15, 0.2) is 12.2 Å². The molecular formula is C9H17NO2. The van der Waals surface area contributed by atoms with Crippen LogP contribution in [0.4, 0.5) is 0 Å². The molecule has 0 aromatic heterocycles. The molecule has 0 radical (unpaired) electrons. The summed E-state index contributed by atoms with van der Waals surface area (Å²) in [7, 11) is 0. The Balaban J connectivity index is 3.20. The Labute approximate surface area is 73.5 Å². The molecule has 12 heavy (non-hydrogen) atoms. The third-order valence-corrected chi connectivity index (χ3v) is 1.56.